The monoisotopic (exact) mass is 276 g/mol. The minimum Gasteiger partial charge on any atom is -0.496 e. The normalized spacial score (nSPS) is 19.8. The van der Waals surface area contributed by atoms with Gasteiger partial charge in [0.15, 0.2) is 0 Å². The molecular weight excluding hydrogens is 248 g/mol. The number of ether oxygens (including phenoxy) is 1. The first-order valence-corrected chi connectivity index (χ1v) is 7.70. The quantitative estimate of drug-likeness (QED) is 0.864. The summed E-state index contributed by atoms with van der Waals surface area (Å²) in [6.45, 7) is 11.0. The van der Waals surface area contributed by atoms with E-state index in [0.29, 0.717) is 6.04 Å². The molecule has 0 radical (unpaired) electrons. The van der Waals surface area contributed by atoms with E-state index < -0.39 is 0 Å². The summed E-state index contributed by atoms with van der Waals surface area (Å²) in [5.74, 6) is 1.84. The Morgan fingerprint density at radius 1 is 1.40 bits per heavy atom. The highest BCUT2D eigenvalue weighted by Crippen LogP contribution is 2.25. The van der Waals surface area contributed by atoms with Gasteiger partial charge in [0.2, 0.25) is 0 Å². The molecule has 0 aromatic heterocycles. The van der Waals surface area contributed by atoms with Gasteiger partial charge in [-0.15, -0.1) is 0 Å². The molecule has 112 valence electrons. The SMILES string of the molecule is COc1ccc(CNC(C)C)cc1CN1CCC(C)C1. The predicted molar refractivity (Wildman–Crippen MR) is 84.0 cm³/mol. The molecule has 1 aliphatic heterocycles. The first-order chi connectivity index (χ1) is 9.58. The number of benzene rings is 1. The van der Waals surface area contributed by atoms with E-state index in [2.05, 4.69) is 49.2 Å². The van der Waals surface area contributed by atoms with Crippen molar-refractivity contribution in [2.75, 3.05) is 20.2 Å². The van der Waals surface area contributed by atoms with Crippen molar-refractivity contribution in [2.45, 2.75) is 46.3 Å². The molecule has 0 amide bonds. The molecule has 1 atom stereocenters. The van der Waals surface area contributed by atoms with Gasteiger partial charge in [-0.2, -0.15) is 0 Å². The van der Waals surface area contributed by atoms with Crippen LogP contribution in [0, 0.1) is 5.92 Å². The smallest absolute Gasteiger partial charge is 0.123 e. The number of hydrogen-bond acceptors (Lipinski definition) is 3. The Morgan fingerprint density at radius 3 is 2.80 bits per heavy atom. The maximum Gasteiger partial charge on any atom is 0.123 e. The summed E-state index contributed by atoms with van der Waals surface area (Å²) in [6, 6.07) is 7.06. The van der Waals surface area contributed by atoms with Crippen LogP contribution < -0.4 is 10.1 Å². The highest BCUT2D eigenvalue weighted by atomic mass is 16.5. The number of likely N-dealkylation sites (tertiary alicyclic amines) is 1. The van der Waals surface area contributed by atoms with E-state index in [1.54, 1.807) is 7.11 Å². The van der Waals surface area contributed by atoms with E-state index in [1.165, 1.54) is 30.6 Å². The van der Waals surface area contributed by atoms with Crippen molar-refractivity contribution in [1.82, 2.24) is 10.2 Å². The zero-order chi connectivity index (χ0) is 14.5. The van der Waals surface area contributed by atoms with Crippen LogP contribution in [0.5, 0.6) is 5.75 Å². The summed E-state index contributed by atoms with van der Waals surface area (Å²) in [5.41, 5.74) is 2.64. The molecule has 2 rings (SSSR count). The maximum atomic E-state index is 5.52. The second-order valence-electron chi connectivity index (χ2n) is 6.31. The van der Waals surface area contributed by atoms with E-state index in [4.69, 9.17) is 4.74 Å². The first kappa shape index (κ1) is 15.3. The van der Waals surface area contributed by atoms with Gasteiger partial charge in [-0.25, -0.2) is 0 Å². The molecule has 1 unspecified atom stereocenters. The van der Waals surface area contributed by atoms with Crippen LogP contribution in [0.4, 0.5) is 0 Å². The third kappa shape index (κ3) is 4.22. The lowest BCUT2D eigenvalue weighted by atomic mass is 10.1. The zero-order valence-corrected chi connectivity index (χ0v) is 13.3. The van der Waals surface area contributed by atoms with Crippen LogP contribution >= 0.6 is 0 Å². The van der Waals surface area contributed by atoms with E-state index in [0.717, 1.165) is 24.8 Å². The maximum absolute atomic E-state index is 5.52. The second kappa shape index (κ2) is 7.09. The summed E-state index contributed by atoms with van der Waals surface area (Å²) in [7, 11) is 1.76. The molecule has 0 spiro atoms. The predicted octanol–water partition coefficient (Wildman–Crippen LogP) is 3.04. The third-order valence-corrected chi connectivity index (χ3v) is 3.96. The van der Waals surface area contributed by atoms with Crippen molar-refractivity contribution in [3.8, 4) is 5.75 Å². The molecule has 20 heavy (non-hydrogen) atoms. The van der Waals surface area contributed by atoms with Crippen molar-refractivity contribution >= 4 is 0 Å². The Morgan fingerprint density at radius 2 is 2.20 bits per heavy atom. The molecule has 1 saturated heterocycles. The van der Waals surface area contributed by atoms with Crippen LogP contribution in [-0.4, -0.2) is 31.1 Å². The fraction of sp³-hybridized carbons (Fsp3) is 0.647. The summed E-state index contributed by atoms with van der Waals surface area (Å²) in [6.07, 6.45) is 1.32. The number of hydrogen-bond donors (Lipinski definition) is 1. The average molecular weight is 276 g/mol. The number of nitrogens with zero attached hydrogens (tertiary/aromatic N) is 1. The van der Waals surface area contributed by atoms with E-state index in [1.807, 2.05) is 0 Å². The lowest BCUT2D eigenvalue weighted by Gasteiger charge is -2.18. The highest BCUT2D eigenvalue weighted by molar-refractivity contribution is 5.37. The topological polar surface area (TPSA) is 24.5 Å². The van der Waals surface area contributed by atoms with Crippen molar-refractivity contribution in [3.63, 3.8) is 0 Å². The van der Waals surface area contributed by atoms with Crippen LogP contribution in [0.15, 0.2) is 18.2 Å². The zero-order valence-electron chi connectivity index (χ0n) is 13.3. The molecular formula is C17H28N2O. The number of methoxy groups -OCH3 is 1. The molecule has 0 saturated carbocycles. The molecule has 0 aliphatic carbocycles. The lowest BCUT2D eigenvalue weighted by molar-refractivity contribution is 0.311. The van der Waals surface area contributed by atoms with Crippen LogP contribution in [-0.2, 0) is 13.1 Å². The van der Waals surface area contributed by atoms with Gasteiger partial charge >= 0.3 is 0 Å². The summed E-state index contributed by atoms with van der Waals surface area (Å²) < 4.78 is 5.52. The van der Waals surface area contributed by atoms with Gasteiger partial charge in [0.05, 0.1) is 7.11 Å². The van der Waals surface area contributed by atoms with E-state index in [9.17, 15) is 0 Å². The van der Waals surface area contributed by atoms with Crippen molar-refractivity contribution in [2.24, 2.45) is 5.92 Å². The lowest BCUT2D eigenvalue weighted by Crippen LogP contribution is -2.22. The summed E-state index contributed by atoms with van der Waals surface area (Å²) >= 11 is 0. The Kier molecular flexibility index (Phi) is 5.44. The Balaban J connectivity index is 2.06. The van der Waals surface area contributed by atoms with Gasteiger partial charge in [-0.3, -0.25) is 4.90 Å². The fourth-order valence-corrected chi connectivity index (χ4v) is 2.80. The Labute approximate surface area is 123 Å². The molecule has 1 fully saturated rings. The fourth-order valence-electron chi connectivity index (χ4n) is 2.80. The number of rotatable bonds is 6. The van der Waals surface area contributed by atoms with Crippen LogP contribution in [0.25, 0.3) is 0 Å². The third-order valence-electron chi connectivity index (χ3n) is 3.96. The van der Waals surface area contributed by atoms with Crippen molar-refractivity contribution in [3.05, 3.63) is 29.3 Å². The van der Waals surface area contributed by atoms with Crippen LogP contribution in [0.2, 0.25) is 0 Å². The van der Waals surface area contributed by atoms with Crippen molar-refractivity contribution < 1.29 is 4.74 Å². The van der Waals surface area contributed by atoms with Gasteiger partial charge in [0.25, 0.3) is 0 Å². The van der Waals surface area contributed by atoms with E-state index in [-0.39, 0.29) is 0 Å². The summed E-state index contributed by atoms with van der Waals surface area (Å²) in [5, 5.41) is 3.47. The number of nitrogens with one attached hydrogen (secondary N) is 1. The Bertz CT molecular complexity index is 431. The van der Waals surface area contributed by atoms with Gasteiger partial charge < -0.3 is 10.1 Å². The van der Waals surface area contributed by atoms with E-state index >= 15 is 0 Å². The molecule has 1 aromatic rings. The highest BCUT2D eigenvalue weighted by Gasteiger charge is 2.19. The van der Waals surface area contributed by atoms with Crippen LogP contribution in [0.3, 0.4) is 0 Å². The molecule has 1 aromatic carbocycles. The molecule has 0 bridgehead atoms. The molecule has 1 N–H and O–H groups in total. The largest absolute Gasteiger partial charge is 0.496 e. The van der Waals surface area contributed by atoms with Crippen molar-refractivity contribution in [1.29, 1.82) is 0 Å². The first-order valence-electron chi connectivity index (χ1n) is 7.70. The second-order valence-corrected chi connectivity index (χ2v) is 6.31. The standard InChI is InChI=1S/C17H28N2O/c1-13(2)18-10-15-5-6-17(20-4)16(9-15)12-19-8-7-14(3)11-19/h5-6,9,13-14,18H,7-8,10-12H2,1-4H3. The molecule has 1 aliphatic rings. The molecule has 3 nitrogen and oxygen atoms in total. The van der Waals surface area contributed by atoms with Gasteiger partial charge in [-0.05, 0) is 36.6 Å². The Hall–Kier alpha value is -1.06. The summed E-state index contributed by atoms with van der Waals surface area (Å²) in [4.78, 5) is 2.53. The van der Waals surface area contributed by atoms with Gasteiger partial charge in [0, 0.05) is 31.2 Å². The molecule has 1 heterocycles. The minimum atomic E-state index is 0.514. The van der Waals surface area contributed by atoms with Gasteiger partial charge in [0.1, 0.15) is 5.75 Å². The van der Waals surface area contributed by atoms with Gasteiger partial charge in [-0.1, -0.05) is 26.8 Å². The average Bonchev–Trinajstić information content (AvgIpc) is 2.82. The van der Waals surface area contributed by atoms with Crippen LogP contribution in [0.1, 0.15) is 38.3 Å². The molecule has 3 heteroatoms. The minimum absolute atomic E-state index is 0.514.